The van der Waals surface area contributed by atoms with Gasteiger partial charge in [-0.05, 0) is 50.8 Å². The van der Waals surface area contributed by atoms with Crippen molar-refractivity contribution in [2.45, 2.75) is 85.1 Å². The van der Waals surface area contributed by atoms with Crippen LogP contribution in [0.5, 0.6) is 0 Å². The van der Waals surface area contributed by atoms with Gasteiger partial charge in [0.1, 0.15) is 5.82 Å². The minimum atomic E-state index is -0.251. The Kier molecular flexibility index (Phi) is 13.1. The molecule has 5 nitrogen and oxygen atoms in total. The molecule has 1 aliphatic carbocycles. The van der Waals surface area contributed by atoms with Crippen LogP contribution in [0.1, 0.15) is 84.1 Å². The number of ether oxygens (including phenoxy) is 1. The van der Waals surface area contributed by atoms with Gasteiger partial charge in [-0.2, -0.15) is 0 Å². The number of anilines is 1. The minimum absolute atomic E-state index is 0.251. The molecular weight excluding hydrogens is 471 g/mol. The fourth-order valence-corrected chi connectivity index (χ4v) is 4.91. The Morgan fingerprint density at radius 3 is 2.36 bits per heavy atom. The van der Waals surface area contributed by atoms with Gasteiger partial charge in [-0.15, -0.1) is 11.3 Å². The number of hydrogen-bond acceptors (Lipinski definition) is 6. The molecule has 1 aliphatic rings. The van der Waals surface area contributed by atoms with Crippen molar-refractivity contribution < 1.29 is 9.13 Å². The van der Waals surface area contributed by atoms with Crippen molar-refractivity contribution in [1.29, 1.82) is 0 Å². The number of halogens is 1. The molecule has 196 valence electrons. The van der Waals surface area contributed by atoms with Gasteiger partial charge in [0.15, 0.2) is 0 Å². The minimum Gasteiger partial charge on any atom is -0.502 e. The quantitative estimate of drug-likeness (QED) is 0.260. The SMILES string of the molecule is C=COCC.CC.CCCC(CCC)c1nc(-c2ccccc2F)c(-c2ccnc(NC3CC3)n2)s1. The van der Waals surface area contributed by atoms with E-state index in [-0.39, 0.29) is 5.82 Å². The van der Waals surface area contributed by atoms with Crippen molar-refractivity contribution in [1.82, 2.24) is 15.0 Å². The zero-order valence-corrected chi connectivity index (χ0v) is 23.2. The highest BCUT2D eigenvalue weighted by molar-refractivity contribution is 7.15. The van der Waals surface area contributed by atoms with Gasteiger partial charge in [-0.1, -0.05) is 59.2 Å². The van der Waals surface area contributed by atoms with Crippen LogP contribution in [0.4, 0.5) is 10.3 Å². The van der Waals surface area contributed by atoms with Gasteiger partial charge in [0.2, 0.25) is 5.95 Å². The number of nitrogens with one attached hydrogen (secondary N) is 1. The summed E-state index contributed by atoms with van der Waals surface area (Å²) in [6.45, 7) is 14.4. The third kappa shape index (κ3) is 8.70. The summed E-state index contributed by atoms with van der Waals surface area (Å²) < 4.78 is 19.3. The average Bonchev–Trinajstić information content (AvgIpc) is 3.60. The van der Waals surface area contributed by atoms with Gasteiger partial charge in [0, 0.05) is 23.7 Å². The normalized spacial score (nSPS) is 12.2. The Morgan fingerprint density at radius 2 is 1.81 bits per heavy atom. The number of hydrogen-bond donors (Lipinski definition) is 1. The molecule has 0 radical (unpaired) electrons. The van der Waals surface area contributed by atoms with E-state index in [1.54, 1.807) is 29.7 Å². The summed E-state index contributed by atoms with van der Waals surface area (Å²) in [6.07, 6.45) is 9.93. The second-order valence-corrected chi connectivity index (χ2v) is 9.32. The molecule has 0 amide bonds. The number of benzene rings is 1. The average molecular weight is 513 g/mol. The fourth-order valence-electron chi connectivity index (χ4n) is 3.69. The summed E-state index contributed by atoms with van der Waals surface area (Å²) >= 11 is 1.65. The Morgan fingerprint density at radius 1 is 1.11 bits per heavy atom. The van der Waals surface area contributed by atoms with Crippen LogP contribution in [0.15, 0.2) is 49.4 Å². The van der Waals surface area contributed by atoms with Crippen LogP contribution in [0.25, 0.3) is 21.8 Å². The van der Waals surface area contributed by atoms with E-state index >= 15 is 0 Å². The fraction of sp³-hybridized carbons (Fsp3) is 0.483. The smallest absolute Gasteiger partial charge is 0.223 e. The Bertz CT molecular complexity index is 1050. The molecule has 2 aromatic heterocycles. The van der Waals surface area contributed by atoms with Crippen LogP contribution in [0.2, 0.25) is 0 Å². The van der Waals surface area contributed by atoms with Gasteiger partial charge in [0.05, 0.1) is 34.1 Å². The standard InChI is InChI=1S/C23H27FN4S.C4H8O.C2H6/c1-3-7-15(8-4-2)22-28-20(17-9-5-6-10-18(17)24)21(29-22)19-13-14-25-23(27-19)26-16-11-12-16;1-3-5-4-2;1-2/h5-6,9-10,13-16H,3-4,7-8,11-12H2,1-2H3,(H,25,26,27);3H,1,4H2,2H3;1-2H3. The molecular formula is C29H41FN4OS. The molecule has 0 bridgehead atoms. The van der Waals surface area contributed by atoms with E-state index in [1.807, 2.05) is 32.9 Å². The van der Waals surface area contributed by atoms with Crippen molar-refractivity contribution in [2.75, 3.05) is 11.9 Å². The first-order chi connectivity index (χ1) is 17.6. The molecule has 0 aliphatic heterocycles. The maximum atomic E-state index is 14.7. The Labute approximate surface area is 220 Å². The van der Waals surface area contributed by atoms with Crippen molar-refractivity contribution >= 4 is 17.3 Å². The predicted octanol–water partition coefficient (Wildman–Crippen LogP) is 8.86. The van der Waals surface area contributed by atoms with Gasteiger partial charge < -0.3 is 10.1 Å². The first kappa shape index (κ1) is 29.4. The van der Waals surface area contributed by atoms with Crippen molar-refractivity contribution in [2.24, 2.45) is 0 Å². The molecule has 1 aromatic carbocycles. The topological polar surface area (TPSA) is 59.9 Å². The summed E-state index contributed by atoms with van der Waals surface area (Å²) in [7, 11) is 0. The summed E-state index contributed by atoms with van der Waals surface area (Å²) in [4.78, 5) is 15.0. The second kappa shape index (κ2) is 16.0. The number of thiazole rings is 1. The molecule has 36 heavy (non-hydrogen) atoms. The first-order valence-corrected chi connectivity index (χ1v) is 14.0. The highest BCUT2D eigenvalue weighted by Crippen LogP contribution is 2.41. The molecule has 0 saturated heterocycles. The lowest BCUT2D eigenvalue weighted by Gasteiger charge is -2.11. The third-order valence-corrected chi connectivity index (χ3v) is 6.72. The zero-order chi connectivity index (χ0) is 26.3. The van der Waals surface area contributed by atoms with Crippen LogP contribution < -0.4 is 5.32 Å². The molecule has 1 fully saturated rings. The van der Waals surface area contributed by atoms with Crippen molar-refractivity contribution in [3.63, 3.8) is 0 Å². The molecule has 1 N–H and O–H groups in total. The zero-order valence-electron chi connectivity index (χ0n) is 22.4. The summed E-state index contributed by atoms with van der Waals surface area (Å²) in [6, 6.07) is 9.24. The molecule has 1 saturated carbocycles. The van der Waals surface area contributed by atoms with Crippen molar-refractivity contribution in [3.8, 4) is 21.8 Å². The van der Waals surface area contributed by atoms with Gasteiger partial charge in [0.25, 0.3) is 0 Å². The van der Waals surface area contributed by atoms with E-state index in [4.69, 9.17) is 9.97 Å². The maximum Gasteiger partial charge on any atom is 0.223 e. The molecule has 0 unspecified atom stereocenters. The van der Waals surface area contributed by atoms with E-state index in [1.165, 1.54) is 12.3 Å². The number of aromatic nitrogens is 3. The molecule has 0 atom stereocenters. The molecule has 3 aromatic rings. The lowest BCUT2D eigenvalue weighted by atomic mass is 9.99. The number of nitrogens with zero attached hydrogens (tertiary/aromatic N) is 3. The highest BCUT2D eigenvalue weighted by atomic mass is 32.1. The second-order valence-electron chi connectivity index (χ2n) is 8.29. The lowest BCUT2D eigenvalue weighted by molar-refractivity contribution is 0.270. The lowest BCUT2D eigenvalue weighted by Crippen LogP contribution is -2.05. The highest BCUT2D eigenvalue weighted by Gasteiger charge is 2.24. The van der Waals surface area contributed by atoms with Crippen LogP contribution in [-0.2, 0) is 4.74 Å². The van der Waals surface area contributed by atoms with E-state index in [9.17, 15) is 4.39 Å². The first-order valence-electron chi connectivity index (χ1n) is 13.2. The van der Waals surface area contributed by atoms with E-state index in [0.717, 1.165) is 60.7 Å². The molecule has 4 rings (SSSR count). The van der Waals surface area contributed by atoms with Gasteiger partial charge in [-0.25, -0.2) is 19.3 Å². The van der Waals surface area contributed by atoms with Gasteiger partial charge in [-0.3, -0.25) is 0 Å². The van der Waals surface area contributed by atoms with Crippen molar-refractivity contribution in [3.05, 3.63) is 60.2 Å². The summed E-state index contributed by atoms with van der Waals surface area (Å²) in [5.74, 6) is 0.789. The molecule has 7 heteroatoms. The van der Waals surface area contributed by atoms with Crippen LogP contribution in [0.3, 0.4) is 0 Å². The van der Waals surface area contributed by atoms with Gasteiger partial charge >= 0.3 is 0 Å². The van der Waals surface area contributed by atoms with E-state index < -0.39 is 0 Å². The molecule has 2 heterocycles. The van der Waals surface area contributed by atoms with Crippen LogP contribution >= 0.6 is 11.3 Å². The predicted molar refractivity (Wildman–Crippen MR) is 151 cm³/mol. The van der Waals surface area contributed by atoms with E-state index in [0.29, 0.717) is 29.2 Å². The maximum absolute atomic E-state index is 14.7. The third-order valence-electron chi connectivity index (χ3n) is 5.48. The molecule has 0 spiro atoms. The largest absolute Gasteiger partial charge is 0.502 e. The monoisotopic (exact) mass is 512 g/mol. The number of rotatable bonds is 11. The van der Waals surface area contributed by atoms with Crippen LogP contribution in [-0.4, -0.2) is 27.6 Å². The Balaban J connectivity index is 0.000000583. The van der Waals surface area contributed by atoms with Crippen LogP contribution in [0, 0.1) is 5.82 Å². The summed E-state index contributed by atoms with van der Waals surface area (Å²) in [5, 5.41) is 4.44. The van der Waals surface area contributed by atoms with E-state index in [2.05, 4.69) is 35.5 Å². The Hall–Kier alpha value is -2.80. The summed E-state index contributed by atoms with van der Waals surface area (Å²) in [5.41, 5.74) is 2.03.